The predicted octanol–water partition coefficient (Wildman–Crippen LogP) is 4.65. The first-order valence-electron chi connectivity index (χ1n) is 10.2. The molecule has 2 amide bonds. The summed E-state index contributed by atoms with van der Waals surface area (Å²) in [7, 11) is 1.56. The second kappa shape index (κ2) is 11.7. The zero-order valence-electron chi connectivity index (χ0n) is 18.2. The number of rotatable bonds is 9. The largest absolute Gasteiger partial charge is 0.497 e. The van der Waals surface area contributed by atoms with E-state index in [2.05, 4.69) is 15.8 Å². The maximum Gasteiger partial charge on any atom is 0.252 e. The number of nitrogens with one attached hydrogen (secondary N) is 2. The van der Waals surface area contributed by atoms with Gasteiger partial charge >= 0.3 is 0 Å². The minimum atomic E-state index is -0.944. The summed E-state index contributed by atoms with van der Waals surface area (Å²) in [5.41, 5.74) is 4.62. The van der Waals surface area contributed by atoms with Gasteiger partial charge in [-0.25, -0.2) is 5.43 Å². The van der Waals surface area contributed by atoms with Gasteiger partial charge < -0.3 is 14.8 Å². The molecule has 3 aromatic rings. The van der Waals surface area contributed by atoms with Gasteiger partial charge in [-0.3, -0.25) is 9.59 Å². The quantitative estimate of drug-likeness (QED) is 0.273. The van der Waals surface area contributed by atoms with E-state index in [1.54, 1.807) is 43.5 Å². The summed E-state index contributed by atoms with van der Waals surface area (Å²) >= 11 is 5.91. The number of benzene rings is 3. The molecule has 170 valence electrons. The predicted molar refractivity (Wildman–Crippen MR) is 129 cm³/mol. The van der Waals surface area contributed by atoms with Gasteiger partial charge in [0.2, 0.25) is 5.91 Å². The Hall–Kier alpha value is -3.84. The monoisotopic (exact) mass is 465 g/mol. The topological polar surface area (TPSA) is 89.0 Å². The number of hydrogen-bond donors (Lipinski definition) is 2. The molecule has 1 atom stereocenters. The normalized spacial score (nSPS) is 11.6. The van der Waals surface area contributed by atoms with E-state index in [4.69, 9.17) is 21.1 Å². The van der Waals surface area contributed by atoms with Crippen LogP contribution in [0.1, 0.15) is 18.1 Å². The van der Waals surface area contributed by atoms with Gasteiger partial charge in [-0.15, -0.1) is 0 Å². The van der Waals surface area contributed by atoms with Gasteiger partial charge in [-0.1, -0.05) is 35.9 Å². The van der Waals surface area contributed by atoms with Crippen LogP contribution in [0, 0.1) is 5.92 Å². The molecule has 1 unspecified atom stereocenters. The van der Waals surface area contributed by atoms with E-state index in [-0.39, 0.29) is 0 Å². The first-order valence-corrected chi connectivity index (χ1v) is 10.6. The van der Waals surface area contributed by atoms with Crippen molar-refractivity contribution < 1.29 is 19.1 Å². The first-order chi connectivity index (χ1) is 16.0. The molecule has 0 spiro atoms. The Balaban J connectivity index is 1.54. The average Bonchev–Trinajstić information content (AvgIpc) is 2.84. The smallest absolute Gasteiger partial charge is 0.252 e. The van der Waals surface area contributed by atoms with Gasteiger partial charge in [-0.2, -0.15) is 5.10 Å². The number of amides is 2. The number of halogens is 1. The molecule has 0 aliphatic rings. The summed E-state index contributed by atoms with van der Waals surface area (Å²) in [4.78, 5) is 24.7. The van der Waals surface area contributed by atoms with Crippen molar-refractivity contribution >= 4 is 35.3 Å². The molecule has 3 rings (SSSR count). The van der Waals surface area contributed by atoms with Crippen LogP contribution in [-0.2, 0) is 16.2 Å². The van der Waals surface area contributed by atoms with Crippen molar-refractivity contribution in [3.8, 4) is 11.5 Å². The van der Waals surface area contributed by atoms with Crippen LogP contribution in [-0.4, -0.2) is 25.1 Å². The third-order valence-electron chi connectivity index (χ3n) is 4.75. The van der Waals surface area contributed by atoms with Crippen LogP contribution in [0.15, 0.2) is 77.9 Å². The van der Waals surface area contributed by atoms with Gasteiger partial charge in [0.25, 0.3) is 5.91 Å². The number of carbonyl (C=O) groups is 2. The molecule has 0 aliphatic heterocycles. The summed E-state index contributed by atoms with van der Waals surface area (Å²) < 4.78 is 11.0. The molecule has 0 saturated heterocycles. The number of hydrogen-bond acceptors (Lipinski definition) is 5. The lowest BCUT2D eigenvalue weighted by Gasteiger charge is -2.11. The van der Waals surface area contributed by atoms with Crippen molar-refractivity contribution in [2.45, 2.75) is 13.5 Å². The Morgan fingerprint density at radius 3 is 2.39 bits per heavy atom. The van der Waals surface area contributed by atoms with E-state index in [1.807, 2.05) is 36.4 Å². The Kier molecular flexibility index (Phi) is 8.43. The molecule has 3 aromatic carbocycles. The Morgan fingerprint density at radius 2 is 1.70 bits per heavy atom. The number of nitrogens with zero attached hydrogens (tertiary/aromatic N) is 1. The molecule has 2 N–H and O–H groups in total. The van der Waals surface area contributed by atoms with Crippen molar-refractivity contribution in [2.24, 2.45) is 11.0 Å². The highest BCUT2D eigenvalue weighted by molar-refractivity contribution is 6.30. The first kappa shape index (κ1) is 23.8. The number of carbonyl (C=O) groups excluding carboxylic acids is 2. The number of methoxy groups -OCH3 is 1. The summed E-state index contributed by atoms with van der Waals surface area (Å²) in [6, 6.07) is 21.5. The minimum Gasteiger partial charge on any atom is -0.497 e. The van der Waals surface area contributed by atoms with Crippen molar-refractivity contribution in [1.82, 2.24) is 5.43 Å². The fourth-order valence-corrected chi connectivity index (χ4v) is 2.89. The molecule has 7 nitrogen and oxygen atoms in total. The SMILES string of the molecule is COc1ccc(NC(=O)C(C)C(=O)NN=Cc2ccccc2OCc2ccc(Cl)cc2)cc1. The molecule has 0 aromatic heterocycles. The molecule has 0 aliphatic carbocycles. The van der Waals surface area contributed by atoms with E-state index < -0.39 is 17.7 Å². The van der Waals surface area contributed by atoms with E-state index in [0.29, 0.717) is 34.4 Å². The van der Waals surface area contributed by atoms with Crippen LogP contribution in [0.5, 0.6) is 11.5 Å². The van der Waals surface area contributed by atoms with Gasteiger partial charge in [0.05, 0.1) is 13.3 Å². The fourth-order valence-electron chi connectivity index (χ4n) is 2.77. The molecule has 0 radical (unpaired) electrons. The van der Waals surface area contributed by atoms with Crippen LogP contribution >= 0.6 is 11.6 Å². The summed E-state index contributed by atoms with van der Waals surface area (Å²) in [5.74, 6) is -0.640. The van der Waals surface area contributed by atoms with Crippen molar-refractivity contribution in [2.75, 3.05) is 12.4 Å². The lowest BCUT2D eigenvalue weighted by atomic mass is 10.1. The van der Waals surface area contributed by atoms with Crippen LogP contribution in [0.2, 0.25) is 5.02 Å². The highest BCUT2D eigenvalue weighted by Crippen LogP contribution is 2.19. The number of hydrazone groups is 1. The van der Waals surface area contributed by atoms with E-state index in [9.17, 15) is 9.59 Å². The Morgan fingerprint density at radius 1 is 1.00 bits per heavy atom. The van der Waals surface area contributed by atoms with Gasteiger partial charge in [-0.05, 0) is 61.0 Å². The van der Waals surface area contributed by atoms with E-state index >= 15 is 0 Å². The highest BCUT2D eigenvalue weighted by Gasteiger charge is 2.21. The van der Waals surface area contributed by atoms with Crippen molar-refractivity contribution in [3.05, 3.63) is 88.9 Å². The number of anilines is 1. The maximum absolute atomic E-state index is 12.4. The molecular formula is C25H24ClN3O4. The molecule has 0 saturated carbocycles. The van der Waals surface area contributed by atoms with Gasteiger partial charge in [0.1, 0.15) is 24.0 Å². The average molecular weight is 466 g/mol. The summed E-state index contributed by atoms with van der Waals surface area (Å²) in [6.07, 6.45) is 1.48. The van der Waals surface area contributed by atoms with Crippen molar-refractivity contribution in [1.29, 1.82) is 0 Å². The maximum atomic E-state index is 12.4. The zero-order valence-corrected chi connectivity index (χ0v) is 19.0. The fraction of sp³-hybridized carbons (Fsp3) is 0.160. The summed E-state index contributed by atoms with van der Waals surface area (Å²) in [5, 5.41) is 7.34. The lowest BCUT2D eigenvalue weighted by Crippen LogP contribution is -2.34. The highest BCUT2D eigenvalue weighted by atomic mass is 35.5. The molecule has 0 heterocycles. The van der Waals surface area contributed by atoms with Crippen LogP contribution < -0.4 is 20.2 Å². The standard InChI is InChI=1S/C25H24ClN3O4/c1-17(24(30)28-21-11-13-22(32-2)14-12-21)25(31)29-27-15-19-5-3-4-6-23(19)33-16-18-7-9-20(26)10-8-18/h3-15,17H,16H2,1-2H3,(H,28,30)(H,29,31). The molecule has 0 fully saturated rings. The third-order valence-corrected chi connectivity index (χ3v) is 5.00. The number of para-hydroxylation sites is 1. The summed E-state index contributed by atoms with van der Waals surface area (Å²) in [6.45, 7) is 1.86. The van der Waals surface area contributed by atoms with Crippen LogP contribution in [0.4, 0.5) is 5.69 Å². The van der Waals surface area contributed by atoms with Crippen molar-refractivity contribution in [3.63, 3.8) is 0 Å². The second-order valence-corrected chi connectivity index (χ2v) is 7.56. The van der Waals surface area contributed by atoms with E-state index in [1.165, 1.54) is 13.1 Å². The Bertz CT molecular complexity index is 1120. The molecular weight excluding hydrogens is 442 g/mol. The van der Waals surface area contributed by atoms with Gasteiger partial charge in [0, 0.05) is 16.3 Å². The number of ether oxygens (including phenoxy) is 2. The lowest BCUT2D eigenvalue weighted by molar-refractivity contribution is -0.131. The van der Waals surface area contributed by atoms with Crippen LogP contribution in [0.3, 0.4) is 0 Å². The third kappa shape index (κ3) is 7.08. The minimum absolute atomic E-state index is 0.358. The zero-order chi connectivity index (χ0) is 23.6. The van der Waals surface area contributed by atoms with Crippen LogP contribution in [0.25, 0.3) is 0 Å². The molecule has 0 bridgehead atoms. The second-order valence-electron chi connectivity index (χ2n) is 7.13. The van der Waals surface area contributed by atoms with E-state index in [0.717, 1.165) is 5.56 Å². The molecule has 33 heavy (non-hydrogen) atoms. The molecule has 8 heteroatoms. The Labute approximate surface area is 197 Å². The van der Waals surface area contributed by atoms with Gasteiger partial charge in [0.15, 0.2) is 0 Å².